The van der Waals surface area contributed by atoms with Crippen molar-refractivity contribution in [3.63, 3.8) is 0 Å². The number of hydrogen-bond donors (Lipinski definition) is 1. The summed E-state index contributed by atoms with van der Waals surface area (Å²) in [5.74, 6) is -5.10. The largest absolute Gasteiger partial charge is 0.495 e. The van der Waals surface area contributed by atoms with Crippen molar-refractivity contribution in [3.8, 4) is 5.75 Å². The zero-order chi connectivity index (χ0) is 14.7. The number of nitrogens with one attached hydrogen (secondary N) is 1. The maximum atomic E-state index is 13.5. The molecule has 1 N–H and O–H groups in total. The number of halogens is 3. The number of rotatable bonds is 3. The third-order valence-corrected chi connectivity index (χ3v) is 2.63. The van der Waals surface area contributed by atoms with Gasteiger partial charge in [-0.15, -0.1) is 0 Å². The van der Waals surface area contributed by atoms with Gasteiger partial charge >= 0.3 is 0 Å². The molecule has 0 aliphatic rings. The van der Waals surface area contributed by atoms with Gasteiger partial charge in [-0.2, -0.15) is 0 Å². The quantitative estimate of drug-likeness (QED) is 0.876. The first-order valence-corrected chi connectivity index (χ1v) is 5.62. The van der Waals surface area contributed by atoms with Crippen molar-refractivity contribution in [2.45, 2.75) is 0 Å². The Hall–Kier alpha value is -2.50. The molecule has 3 nitrogen and oxygen atoms in total. The molecule has 0 spiro atoms. The summed E-state index contributed by atoms with van der Waals surface area (Å²) in [7, 11) is 1.41. The van der Waals surface area contributed by atoms with Crippen LogP contribution >= 0.6 is 0 Å². The molecule has 1 amide bonds. The zero-order valence-corrected chi connectivity index (χ0v) is 10.4. The predicted molar refractivity (Wildman–Crippen MR) is 67.3 cm³/mol. The Labute approximate surface area is 113 Å². The van der Waals surface area contributed by atoms with Gasteiger partial charge in [0.25, 0.3) is 5.91 Å². The monoisotopic (exact) mass is 281 g/mol. The van der Waals surface area contributed by atoms with E-state index in [-0.39, 0.29) is 0 Å². The van der Waals surface area contributed by atoms with E-state index in [0.29, 0.717) is 17.5 Å². The van der Waals surface area contributed by atoms with Gasteiger partial charge in [0.05, 0.1) is 18.4 Å². The first kappa shape index (κ1) is 13.9. The molecule has 0 radical (unpaired) electrons. The average Bonchev–Trinajstić information content (AvgIpc) is 2.45. The van der Waals surface area contributed by atoms with Gasteiger partial charge in [0.1, 0.15) is 5.75 Å². The van der Waals surface area contributed by atoms with Crippen molar-refractivity contribution >= 4 is 11.6 Å². The van der Waals surface area contributed by atoms with Crippen LogP contribution in [0.25, 0.3) is 0 Å². The molecule has 2 aromatic carbocycles. The maximum Gasteiger partial charge on any atom is 0.258 e. The second-order valence-electron chi connectivity index (χ2n) is 3.88. The lowest BCUT2D eigenvalue weighted by Crippen LogP contribution is -2.15. The number of hydrogen-bond acceptors (Lipinski definition) is 2. The van der Waals surface area contributed by atoms with Crippen LogP contribution in [0.3, 0.4) is 0 Å². The fraction of sp³-hybridized carbons (Fsp3) is 0.0714. The fourth-order valence-corrected chi connectivity index (χ4v) is 1.64. The average molecular weight is 281 g/mol. The van der Waals surface area contributed by atoms with Gasteiger partial charge in [0, 0.05) is 0 Å². The van der Waals surface area contributed by atoms with Crippen molar-refractivity contribution in [1.82, 2.24) is 0 Å². The Morgan fingerprint density at radius 3 is 2.45 bits per heavy atom. The zero-order valence-electron chi connectivity index (χ0n) is 10.4. The Balaban J connectivity index is 2.31. The molecule has 0 atom stereocenters. The van der Waals surface area contributed by atoms with Crippen LogP contribution in [0.2, 0.25) is 0 Å². The molecular formula is C14H10F3NO2. The summed E-state index contributed by atoms with van der Waals surface area (Å²) in [5, 5.41) is 2.37. The standard InChI is InChI=1S/C14H10F3NO2/c1-20-11-5-3-2-4-10(11)18-14(19)8-6-7-9(15)13(17)12(8)16/h2-7H,1H3,(H,18,19). The maximum absolute atomic E-state index is 13.5. The van der Waals surface area contributed by atoms with Gasteiger partial charge in [-0.1, -0.05) is 12.1 Å². The molecule has 0 heterocycles. The summed E-state index contributed by atoms with van der Waals surface area (Å²) in [4.78, 5) is 11.9. The minimum atomic E-state index is -1.68. The summed E-state index contributed by atoms with van der Waals surface area (Å²) in [6, 6.07) is 8.02. The third-order valence-electron chi connectivity index (χ3n) is 2.63. The summed E-state index contributed by atoms with van der Waals surface area (Å²) < 4.78 is 44.4. The van der Waals surface area contributed by atoms with E-state index in [9.17, 15) is 18.0 Å². The van der Waals surface area contributed by atoms with Crippen LogP contribution in [0.4, 0.5) is 18.9 Å². The third kappa shape index (κ3) is 2.59. The van der Waals surface area contributed by atoms with Crippen LogP contribution in [-0.2, 0) is 0 Å². The van der Waals surface area contributed by atoms with Gasteiger partial charge in [0.15, 0.2) is 17.5 Å². The van der Waals surface area contributed by atoms with E-state index >= 15 is 0 Å². The highest BCUT2D eigenvalue weighted by Crippen LogP contribution is 2.24. The predicted octanol–water partition coefficient (Wildman–Crippen LogP) is 3.36. The highest BCUT2D eigenvalue weighted by molar-refractivity contribution is 6.05. The van der Waals surface area contributed by atoms with Crippen LogP contribution in [0.1, 0.15) is 10.4 Å². The number of benzene rings is 2. The van der Waals surface area contributed by atoms with Crippen LogP contribution in [-0.4, -0.2) is 13.0 Å². The Morgan fingerprint density at radius 1 is 1.05 bits per heavy atom. The lowest BCUT2D eigenvalue weighted by Gasteiger charge is -2.10. The smallest absolute Gasteiger partial charge is 0.258 e. The summed E-state index contributed by atoms with van der Waals surface area (Å²) in [6.45, 7) is 0. The van der Waals surface area contributed by atoms with E-state index in [1.54, 1.807) is 18.2 Å². The number of carbonyl (C=O) groups is 1. The minimum Gasteiger partial charge on any atom is -0.495 e. The Morgan fingerprint density at radius 2 is 1.75 bits per heavy atom. The first-order chi connectivity index (χ1) is 9.54. The summed E-state index contributed by atoms with van der Waals surface area (Å²) in [5.41, 5.74) is -0.293. The molecule has 0 saturated carbocycles. The molecule has 0 saturated heterocycles. The second-order valence-corrected chi connectivity index (χ2v) is 3.88. The van der Waals surface area contributed by atoms with E-state index in [4.69, 9.17) is 4.74 Å². The topological polar surface area (TPSA) is 38.3 Å². The number of anilines is 1. The molecule has 104 valence electrons. The molecule has 6 heteroatoms. The first-order valence-electron chi connectivity index (χ1n) is 5.62. The normalized spacial score (nSPS) is 10.2. The van der Waals surface area contributed by atoms with Gasteiger partial charge in [-0.25, -0.2) is 13.2 Å². The highest BCUT2D eigenvalue weighted by Gasteiger charge is 2.19. The molecular weight excluding hydrogens is 271 g/mol. The molecule has 0 aliphatic heterocycles. The summed E-state index contributed by atoms with van der Waals surface area (Å²) in [6.07, 6.45) is 0. The molecule has 2 rings (SSSR count). The van der Waals surface area contributed by atoms with Crippen molar-refractivity contribution in [2.75, 3.05) is 12.4 Å². The number of ether oxygens (including phenoxy) is 1. The van der Waals surface area contributed by atoms with Crippen LogP contribution in [0, 0.1) is 17.5 Å². The van der Waals surface area contributed by atoms with Gasteiger partial charge in [-0.05, 0) is 24.3 Å². The van der Waals surface area contributed by atoms with Crippen molar-refractivity contribution in [2.24, 2.45) is 0 Å². The molecule has 20 heavy (non-hydrogen) atoms. The lowest BCUT2D eigenvalue weighted by molar-refractivity contribution is 0.102. The Kier molecular flexibility index (Phi) is 3.93. The summed E-state index contributed by atoms with van der Waals surface area (Å²) >= 11 is 0. The molecule has 0 unspecified atom stereocenters. The van der Waals surface area contributed by atoms with Gasteiger partial charge in [0.2, 0.25) is 0 Å². The second kappa shape index (κ2) is 5.64. The molecule has 0 fully saturated rings. The molecule has 0 bridgehead atoms. The van der Waals surface area contributed by atoms with Gasteiger partial charge in [-0.3, -0.25) is 4.79 Å². The molecule has 0 aromatic heterocycles. The molecule has 2 aromatic rings. The van der Waals surface area contributed by atoms with E-state index in [1.807, 2.05) is 0 Å². The number of amides is 1. The van der Waals surface area contributed by atoms with Gasteiger partial charge < -0.3 is 10.1 Å². The van der Waals surface area contributed by atoms with E-state index in [2.05, 4.69) is 5.32 Å². The molecule has 0 aliphatic carbocycles. The van der Waals surface area contributed by atoms with Crippen LogP contribution in [0.5, 0.6) is 5.75 Å². The fourth-order valence-electron chi connectivity index (χ4n) is 1.64. The lowest BCUT2D eigenvalue weighted by atomic mass is 10.1. The van der Waals surface area contributed by atoms with Crippen molar-refractivity contribution < 1.29 is 22.7 Å². The SMILES string of the molecule is COc1ccccc1NC(=O)c1ccc(F)c(F)c1F. The van der Waals surface area contributed by atoms with Crippen molar-refractivity contribution in [3.05, 3.63) is 59.4 Å². The van der Waals surface area contributed by atoms with E-state index in [1.165, 1.54) is 13.2 Å². The van der Waals surface area contributed by atoms with Crippen molar-refractivity contribution in [1.29, 1.82) is 0 Å². The van der Waals surface area contributed by atoms with E-state index in [0.717, 1.165) is 6.07 Å². The van der Waals surface area contributed by atoms with E-state index < -0.39 is 28.9 Å². The number of carbonyl (C=O) groups excluding carboxylic acids is 1. The number of para-hydroxylation sites is 2. The van der Waals surface area contributed by atoms with Crippen LogP contribution < -0.4 is 10.1 Å². The minimum absolute atomic E-state index is 0.295. The van der Waals surface area contributed by atoms with Crippen LogP contribution in [0.15, 0.2) is 36.4 Å². The Bertz CT molecular complexity index is 659. The highest BCUT2D eigenvalue weighted by atomic mass is 19.2. The number of methoxy groups -OCH3 is 1.